The number of halogens is 2. The van der Waals surface area contributed by atoms with E-state index in [-0.39, 0.29) is 34.4 Å². The largest absolute Gasteiger partial charge is 0.348 e. The molecule has 1 atom stereocenters. The summed E-state index contributed by atoms with van der Waals surface area (Å²) in [5.74, 6) is 0.158. The number of amides is 1. The van der Waals surface area contributed by atoms with E-state index in [1.807, 2.05) is 0 Å². The molecule has 2 aromatic heterocycles. The van der Waals surface area contributed by atoms with Gasteiger partial charge in [0.25, 0.3) is 5.91 Å². The Bertz CT molecular complexity index is 788. The Morgan fingerprint density at radius 1 is 1.29 bits per heavy atom. The summed E-state index contributed by atoms with van der Waals surface area (Å²) in [6, 6.07) is 1.47. The van der Waals surface area contributed by atoms with Crippen LogP contribution in [0.2, 0.25) is 0 Å². The van der Waals surface area contributed by atoms with Crippen LogP contribution in [0.4, 0.5) is 8.78 Å². The van der Waals surface area contributed by atoms with Gasteiger partial charge >= 0.3 is 0 Å². The van der Waals surface area contributed by atoms with Gasteiger partial charge in [0.05, 0.1) is 11.1 Å². The molecule has 0 aliphatic carbocycles. The molecule has 1 saturated heterocycles. The molecule has 0 radical (unpaired) electrons. The first kappa shape index (κ1) is 17.2. The number of fused-ring (bicyclic) bond motifs is 1. The molecule has 2 aromatic rings. The molecule has 1 amide bonds. The van der Waals surface area contributed by atoms with Gasteiger partial charge in [-0.05, 0) is 56.3 Å². The minimum atomic E-state index is -0.970. The van der Waals surface area contributed by atoms with Crippen LogP contribution in [0.1, 0.15) is 35.4 Å². The third-order valence-corrected chi connectivity index (χ3v) is 7.41. The molecule has 0 aromatic carbocycles. The van der Waals surface area contributed by atoms with Gasteiger partial charge in [-0.25, -0.2) is 23.8 Å². The van der Waals surface area contributed by atoms with Crippen LogP contribution in [0.15, 0.2) is 6.07 Å². The zero-order valence-corrected chi connectivity index (χ0v) is 15.0. The number of carbonyl (C=O) groups is 1. The summed E-state index contributed by atoms with van der Waals surface area (Å²) in [5.41, 5.74) is 0.392. The number of rotatable bonds is 2. The first-order valence-corrected chi connectivity index (χ1v) is 10.9. The smallest absolute Gasteiger partial charge is 0.267 e. The van der Waals surface area contributed by atoms with Crippen molar-refractivity contribution < 1.29 is 13.6 Å². The lowest BCUT2D eigenvalue weighted by molar-refractivity contribution is 0.0930. The van der Waals surface area contributed by atoms with Gasteiger partial charge in [-0.15, -0.1) is 0 Å². The molecule has 1 unspecified atom stereocenters. The van der Waals surface area contributed by atoms with E-state index in [0.717, 1.165) is 25.0 Å². The number of nitrogens with zero attached hydrogens (tertiary/aromatic N) is 1. The molecule has 3 rings (SSSR count). The van der Waals surface area contributed by atoms with Crippen LogP contribution in [0.5, 0.6) is 0 Å². The predicted octanol–water partition coefficient (Wildman–Crippen LogP) is 3.50. The molecule has 132 valence electrons. The van der Waals surface area contributed by atoms with E-state index in [1.54, 1.807) is 0 Å². The number of nitrogens with one attached hydrogen (secondary N) is 2. The molecular weight excluding hydrogens is 332 g/mol. The number of aromatic amines is 1. The summed E-state index contributed by atoms with van der Waals surface area (Å²) in [6.07, 6.45) is 7.71. The summed E-state index contributed by atoms with van der Waals surface area (Å²) < 4.78 is 27.6. The van der Waals surface area contributed by atoms with Crippen LogP contribution in [0.3, 0.4) is 0 Å². The zero-order valence-electron chi connectivity index (χ0n) is 14.2. The maximum absolute atomic E-state index is 14.0. The monoisotopic (exact) mass is 355 g/mol. The number of aryl methyl sites for hydroxylation is 1. The second-order valence-corrected chi connectivity index (χ2v) is 11.4. The van der Waals surface area contributed by atoms with Crippen LogP contribution in [-0.2, 0) is 0 Å². The highest BCUT2D eigenvalue weighted by Gasteiger charge is 2.23. The number of carbonyl (C=O) groups excluding carboxylic acids is 1. The third-order valence-electron chi connectivity index (χ3n) is 4.67. The number of hydrogen-bond acceptors (Lipinski definition) is 2. The van der Waals surface area contributed by atoms with Crippen LogP contribution in [-0.4, -0.2) is 45.9 Å². The molecule has 0 spiro atoms. The molecule has 0 bridgehead atoms. The van der Waals surface area contributed by atoms with Crippen molar-refractivity contribution >= 4 is 27.0 Å². The molecule has 1 fully saturated rings. The topological polar surface area (TPSA) is 57.8 Å². The van der Waals surface area contributed by atoms with Gasteiger partial charge in [0.15, 0.2) is 11.6 Å². The van der Waals surface area contributed by atoms with Crippen LogP contribution < -0.4 is 5.32 Å². The Morgan fingerprint density at radius 2 is 2.04 bits per heavy atom. The van der Waals surface area contributed by atoms with Gasteiger partial charge in [-0.2, -0.15) is 0 Å². The van der Waals surface area contributed by atoms with E-state index >= 15 is 0 Å². The van der Waals surface area contributed by atoms with E-state index in [4.69, 9.17) is 0 Å². The van der Waals surface area contributed by atoms with E-state index in [2.05, 4.69) is 27.8 Å². The summed E-state index contributed by atoms with van der Waals surface area (Å²) in [5, 5.41) is 3.03. The standard InChI is InChI=1S/C17H23F2N3OS/c1-10-14(18)15(19)12-9-13(22-16(12)20-10)17(23)21-11-5-4-7-24(2,3)8-6-11/h9,11H,4-8H2,1-3H3,(H,20,22)(H,21,23). The molecule has 2 N–H and O–H groups in total. The van der Waals surface area contributed by atoms with Crippen LogP contribution >= 0.6 is 10.0 Å². The Kier molecular flexibility index (Phi) is 4.55. The fourth-order valence-corrected chi connectivity index (χ4v) is 5.23. The highest BCUT2D eigenvalue weighted by molar-refractivity contribution is 8.32. The molecule has 3 heterocycles. The highest BCUT2D eigenvalue weighted by Crippen LogP contribution is 2.43. The van der Waals surface area contributed by atoms with Crippen molar-refractivity contribution in [3.63, 3.8) is 0 Å². The first-order chi connectivity index (χ1) is 11.3. The third kappa shape index (κ3) is 3.41. The van der Waals surface area contributed by atoms with E-state index < -0.39 is 21.7 Å². The zero-order chi connectivity index (χ0) is 17.5. The lowest BCUT2D eigenvalue weighted by atomic mass is 10.1. The normalized spacial score (nSPS) is 22.1. The summed E-state index contributed by atoms with van der Waals surface area (Å²) in [4.78, 5) is 19.2. The van der Waals surface area contributed by atoms with Crippen molar-refractivity contribution in [2.75, 3.05) is 24.0 Å². The Hall–Kier alpha value is -1.63. The fraction of sp³-hybridized carbons (Fsp3) is 0.529. The Labute approximate surface area is 141 Å². The predicted molar refractivity (Wildman–Crippen MR) is 95.0 cm³/mol. The van der Waals surface area contributed by atoms with E-state index in [0.29, 0.717) is 0 Å². The van der Waals surface area contributed by atoms with E-state index in [1.165, 1.54) is 18.7 Å². The number of H-pyrrole nitrogens is 1. The molecule has 1 aliphatic rings. The first-order valence-electron chi connectivity index (χ1n) is 8.11. The van der Waals surface area contributed by atoms with Gasteiger partial charge in [0.1, 0.15) is 11.3 Å². The van der Waals surface area contributed by atoms with Gasteiger partial charge < -0.3 is 10.3 Å². The van der Waals surface area contributed by atoms with Gasteiger partial charge in [-0.3, -0.25) is 4.79 Å². The highest BCUT2D eigenvalue weighted by atomic mass is 32.3. The summed E-state index contributed by atoms with van der Waals surface area (Å²) in [6.45, 7) is 1.40. The van der Waals surface area contributed by atoms with Crippen molar-refractivity contribution in [1.82, 2.24) is 15.3 Å². The fourth-order valence-electron chi connectivity index (χ4n) is 3.15. The average molecular weight is 355 g/mol. The second kappa shape index (κ2) is 6.35. The van der Waals surface area contributed by atoms with Crippen LogP contribution in [0, 0.1) is 18.6 Å². The van der Waals surface area contributed by atoms with Gasteiger partial charge in [-0.1, -0.05) is 0 Å². The molecule has 0 saturated carbocycles. The SMILES string of the molecule is Cc1nc2[nH]c(C(=O)NC3CCCS(C)(C)CC3)cc2c(F)c1F. The Balaban J connectivity index is 1.78. The minimum absolute atomic E-state index is 0.00898. The summed E-state index contributed by atoms with van der Waals surface area (Å²) >= 11 is 0. The van der Waals surface area contributed by atoms with Crippen molar-refractivity contribution in [3.8, 4) is 0 Å². The maximum Gasteiger partial charge on any atom is 0.267 e. The number of aromatic nitrogens is 2. The lowest BCUT2D eigenvalue weighted by Crippen LogP contribution is -2.35. The molecule has 24 heavy (non-hydrogen) atoms. The number of pyridine rings is 1. The molecule has 7 heteroatoms. The quantitative estimate of drug-likeness (QED) is 0.866. The molecule has 4 nitrogen and oxygen atoms in total. The average Bonchev–Trinajstić information content (AvgIpc) is 2.86. The van der Waals surface area contributed by atoms with E-state index in [9.17, 15) is 13.6 Å². The van der Waals surface area contributed by atoms with Gasteiger partial charge in [0.2, 0.25) is 0 Å². The van der Waals surface area contributed by atoms with Crippen LogP contribution in [0.25, 0.3) is 11.0 Å². The summed E-state index contributed by atoms with van der Waals surface area (Å²) in [7, 11) is -0.549. The van der Waals surface area contributed by atoms with Gasteiger partial charge in [0, 0.05) is 6.04 Å². The second-order valence-electron chi connectivity index (χ2n) is 7.05. The van der Waals surface area contributed by atoms with Crippen molar-refractivity contribution in [3.05, 3.63) is 29.1 Å². The van der Waals surface area contributed by atoms with Crippen molar-refractivity contribution in [2.24, 2.45) is 0 Å². The van der Waals surface area contributed by atoms with Crippen molar-refractivity contribution in [2.45, 2.75) is 32.2 Å². The maximum atomic E-state index is 14.0. The lowest BCUT2D eigenvalue weighted by Gasteiger charge is -2.29. The minimum Gasteiger partial charge on any atom is -0.348 e. The molecule has 1 aliphatic heterocycles. The Morgan fingerprint density at radius 3 is 2.79 bits per heavy atom. The number of hydrogen-bond donors (Lipinski definition) is 2. The molecular formula is C17H23F2N3OS. The van der Waals surface area contributed by atoms with Crippen molar-refractivity contribution in [1.29, 1.82) is 0 Å².